The van der Waals surface area contributed by atoms with E-state index in [4.69, 9.17) is 14.2 Å². The molecule has 122 valence electrons. The quantitative estimate of drug-likeness (QED) is 0.639. The Bertz CT molecular complexity index is 830. The number of benzene rings is 2. The molecule has 0 amide bonds. The lowest BCUT2D eigenvalue weighted by Crippen LogP contribution is -2.08. The van der Waals surface area contributed by atoms with Gasteiger partial charge in [0.1, 0.15) is 17.1 Å². The molecule has 0 spiro atoms. The molecule has 0 fully saturated rings. The highest BCUT2D eigenvalue weighted by atomic mass is 16.6. The summed E-state index contributed by atoms with van der Waals surface area (Å²) < 4.78 is 16.0. The monoisotopic (exact) mass is 323 g/mol. The van der Waals surface area contributed by atoms with E-state index < -0.39 is 5.97 Å². The number of cyclic esters (lactones) is 1. The van der Waals surface area contributed by atoms with Gasteiger partial charge in [-0.2, -0.15) is 0 Å². The van der Waals surface area contributed by atoms with Gasteiger partial charge in [0.05, 0.1) is 14.2 Å². The third-order valence-electron chi connectivity index (χ3n) is 3.74. The van der Waals surface area contributed by atoms with Crippen LogP contribution in [0.1, 0.15) is 16.7 Å². The van der Waals surface area contributed by atoms with Crippen molar-refractivity contribution in [3.8, 4) is 11.5 Å². The van der Waals surface area contributed by atoms with E-state index in [1.165, 1.54) is 0 Å². The fourth-order valence-corrected chi connectivity index (χ4v) is 2.47. The number of rotatable bonds is 4. The minimum atomic E-state index is -0.499. The van der Waals surface area contributed by atoms with Crippen molar-refractivity contribution in [3.05, 3.63) is 64.9 Å². The van der Waals surface area contributed by atoms with E-state index in [0.717, 1.165) is 11.1 Å². The molecule has 0 radical (unpaired) electrons. The third kappa shape index (κ3) is 2.88. The van der Waals surface area contributed by atoms with Crippen LogP contribution in [-0.4, -0.2) is 26.1 Å². The summed E-state index contributed by atoms with van der Waals surface area (Å²) in [6.45, 7) is 1.97. The van der Waals surface area contributed by atoms with Crippen molar-refractivity contribution in [1.29, 1.82) is 0 Å². The average Bonchev–Trinajstić information content (AvgIpc) is 2.96. The molecule has 0 unspecified atom stereocenters. The van der Waals surface area contributed by atoms with Gasteiger partial charge in [-0.05, 0) is 36.3 Å². The topological polar surface area (TPSA) is 57.1 Å². The summed E-state index contributed by atoms with van der Waals surface area (Å²) >= 11 is 0. The van der Waals surface area contributed by atoms with Crippen LogP contribution in [0.15, 0.2) is 53.2 Å². The Kier molecular flexibility index (Phi) is 4.33. The molecule has 2 aromatic rings. The van der Waals surface area contributed by atoms with Crippen molar-refractivity contribution in [3.63, 3.8) is 0 Å². The maximum atomic E-state index is 12.2. The number of carbonyl (C=O) groups is 1. The van der Waals surface area contributed by atoms with Crippen molar-refractivity contribution in [2.24, 2.45) is 4.99 Å². The van der Waals surface area contributed by atoms with Crippen LogP contribution in [0, 0.1) is 6.92 Å². The Labute approximate surface area is 140 Å². The molecule has 1 aliphatic heterocycles. The first kappa shape index (κ1) is 15.8. The molecular formula is C19H17NO4. The summed E-state index contributed by atoms with van der Waals surface area (Å²) in [5.74, 6) is 0.728. The Balaban J connectivity index is 2.06. The Morgan fingerprint density at radius 1 is 1.00 bits per heavy atom. The Morgan fingerprint density at radius 2 is 1.67 bits per heavy atom. The van der Waals surface area contributed by atoms with Gasteiger partial charge in [0.2, 0.25) is 5.90 Å². The molecule has 24 heavy (non-hydrogen) atoms. The smallest absolute Gasteiger partial charge is 0.363 e. The zero-order valence-corrected chi connectivity index (χ0v) is 13.7. The minimum Gasteiger partial charge on any atom is -0.496 e. The molecule has 0 aromatic heterocycles. The van der Waals surface area contributed by atoms with Gasteiger partial charge < -0.3 is 14.2 Å². The van der Waals surface area contributed by atoms with Crippen molar-refractivity contribution >= 4 is 17.9 Å². The number of nitrogens with zero attached hydrogens (tertiary/aromatic N) is 1. The second kappa shape index (κ2) is 6.58. The van der Waals surface area contributed by atoms with Gasteiger partial charge in [0, 0.05) is 0 Å². The lowest BCUT2D eigenvalue weighted by atomic mass is 10.1. The molecule has 0 bridgehead atoms. The summed E-state index contributed by atoms with van der Waals surface area (Å²) in [6, 6.07) is 13.1. The summed E-state index contributed by atoms with van der Waals surface area (Å²) in [5, 5.41) is 0. The SMILES string of the molecule is COc1cccc(OC)c1C1=N/C(=C\c2ccccc2C)C(=O)O1. The van der Waals surface area contributed by atoms with Crippen molar-refractivity contribution in [2.75, 3.05) is 14.2 Å². The second-order valence-corrected chi connectivity index (χ2v) is 5.23. The second-order valence-electron chi connectivity index (χ2n) is 5.23. The molecule has 5 nitrogen and oxygen atoms in total. The molecule has 2 aromatic carbocycles. The zero-order valence-electron chi connectivity index (χ0n) is 13.7. The molecule has 0 aliphatic carbocycles. The number of esters is 1. The highest BCUT2D eigenvalue weighted by Crippen LogP contribution is 2.32. The number of ether oxygens (including phenoxy) is 3. The van der Waals surface area contributed by atoms with E-state index in [2.05, 4.69) is 4.99 Å². The maximum Gasteiger partial charge on any atom is 0.363 e. The molecule has 3 rings (SSSR count). The first-order valence-corrected chi connectivity index (χ1v) is 7.43. The van der Waals surface area contributed by atoms with Crippen LogP contribution in [0.4, 0.5) is 0 Å². The highest BCUT2D eigenvalue weighted by molar-refractivity contribution is 6.14. The van der Waals surface area contributed by atoms with Crippen LogP contribution in [-0.2, 0) is 9.53 Å². The molecular weight excluding hydrogens is 306 g/mol. The predicted molar refractivity (Wildman–Crippen MR) is 91.3 cm³/mol. The maximum absolute atomic E-state index is 12.2. The van der Waals surface area contributed by atoms with Gasteiger partial charge in [-0.15, -0.1) is 0 Å². The molecule has 5 heteroatoms. The van der Waals surface area contributed by atoms with Crippen LogP contribution in [0.3, 0.4) is 0 Å². The Morgan fingerprint density at radius 3 is 2.29 bits per heavy atom. The van der Waals surface area contributed by atoms with Crippen LogP contribution in [0.5, 0.6) is 11.5 Å². The standard InChI is InChI=1S/C19H17NO4/c1-12-7-4-5-8-13(12)11-14-19(21)24-18(20-14)17-15(22-2)9-6-10-16(17)23-3/h4-11H,1-3H3/b14-11-. The van der Waals surface area contributed by atoms with E-state index in [9.17, 15) is 4.79 Å². The van der Waals surface area contributed by atoms with Gasteiger partial charge in [-0.1, -0.05) is 30.3 Å². The highest BCUT2D eigenvalue weighted by Gasteiger charge is 2.28. The van der Waals surface area contributed by atoms with Crippen molar-refractivity contribution < 1.29 is 19.0 Å². The summed E-state index contributed by atoms with van der Waals surface area (Å²) in [5.41, 5.74) is 2.73. The number of carbonyl (C=O) groups excluding carboxylic acids is 1. The van der Waals surface area contributed by atoms with Gasteiger partial charge in [0.25, 0.3) is 0 Å². The van der Waals surface area contributed by atoms with Gasteiger partial charge in [-0.25, -0.2) is 9.79 Å². The van der Waals surface area contributed by atoms with E-state index >= 15 is 0 Å². The van der Waals surface area contributed by atoms with E-state index in [1.807, 2.05) is 31.2 Å². The Hall–Kier alpha value is -3.08. The van der Waals surface area contributed by atoms with E-state index in [1.54, 1.807) is 38.5 Å². The predicted octanol–water partition coefficient (Wildman–Crippen LogP) is 3.36. The first-order valence-electron chi connectivity index (χ1n) is 7.43. The van der Waals surface area contributed by atoms with E-state index in [-0.39, 0.29) is 11.6 Å². The lowest BCUT2D eigenvalue weighted by molar-refractivity contribution is -0.129. The fourth-order valence-electron chi connectivity index (χ4n) is 2.47. The lowest BCUT2D eigenvalue weighted by Gasteiger charge is -2.11. The fraction of sp³-hybridized carbons (Fsp3) is 0.158. The number of hydrogen-bond acceptors (Lipinski definition) is 5. The first-order chi connectivity index (χ1) is 11.6. The molecule has 0 saturated carbocycles. The van der Waals surface area contributed by atoms with Crippen LogP contribution in [0.2, 0.25) is 0 Å². The van der Waals surface area contributed by atoms with Gasteiger partial charge >= 0.3 is 5.97 Å². The summed E-state index contributed by atoms with van der Waals surface area (Å²) in [7, 11) is 3.08. The van der Waals surface area contributed by atoms with Gasteiger partial charge in [-0.3, -0.25) is 0 Å². The number of hydrogen-bond donors (Lipinski definition) is 0. The third-order valence-corrected chi connectivity index (χ3v) is 3.74. The van der Waals surface area contributed by atoms with Crippen LogP contribution < -0.4 is 9.47 Å². The number of aryl methyl sites for hydroxylation is 1. The molecule has 0 N–H and O–H groups in total. The summed E-state index contributed by atoms with van der Waals surface area (Å²) in [6.07, 6.45) is 1.71. The average molecular weight is 323 g/mol. The van der Waals surface area contributed by atoms with Gasteiger partial charge in [0.15, 0.2) is 5.70 Å². The molecule has 1 aliphatic rings. The normalized spacial score (nSPS) is 15.2. The zero-order chi connectivity index (χ0) is 17.1. The molecule has 0 atom stereocenters. The number of aliphatic imine (C=N–C) groups is 1. The minimum absolute atomic E-state index is 0.175. The summed E-state index contributed by atoms with van der Waals surface area (Å²) in [4.78, 5) is 16.5. The largest absolute Gasteiger partial charge is 0.496 e. The van der Waals surface area contributed by atoms with Crippen LogP contribution in [0.25, 0.3) is 6.08 Å². The van der Waals surface area contributed by atoms with Crippen LogP contribution >= 0.6 is 0 Å². The van der Waals surface area contributed by atoms with E-state index in [0.29, 0.717) is 17.1 Å². The molecule has 1 heterocycles. The molecule has 0 saturated heterocycles. The van der Waals surface area contributed by atoms with Crippen molar-refractivity contribution in [2.45, 2.75) is 6.92 Å². The number of methoxy groups -OCH3 is 2. The van der Waals surface area contributed by atoms with Crippen molar-refractivity contribution in [1.82, 2.24) is 0 Å².